The fourth-order valence-electron chi connectivity index (χ4n) is 2.55. The first-order valence-electron chi connectivity index (χ1n) is 8.45. The third-order valence-electron chi connectivity index (χ3n) is 3.86. The van der Waals surface area contributed by atoms with E-state index in [0.29, 0.717) is 10.0 Å². The lowest BCUT2D eigenvalue weighted by Gasteiger charge is -2.04. The van der Waals surface area contributed by atoms with E-state index in [-0.39, 0.29) is 0 Å². The van der Waals surface area contributed by atoms with Crippen LogP contribution < -0.4 is 5.32 Å². The van der Waals surface area contributed by atoms with Gasteiger partial charge < -0.3 is 9.73 Å². The van der Waals surface area contributed by atoms with Crippen LogP contribution in [0.1, 0.15) is 51.2 Å². The number of hydrogen-bond donors (Lipinski definition) is 1. The third-order valence-corrected chi connectivity index (χ3v) is 4.43. The summed E-state index contributed by atoms with van der Waals surface area (Å²) in [7, 11) is 0. The Morgan fingerprint density at radius 2 is 1.74 bits per heavy atom. The Labute approximate surface area is 149 Å². The van der Waals surface area contributed by atoms with Gasteiger partial charge in [0.1, 0.15) is 11.5 Å². The topological polar surface area (TPSA) is 25.2 Å². The van der Waals surface area contributed by atoms with Gasteiger partial charge in [-0.2, -0.15) is 0 Å². The van der Waals surface area contributed by atoms with E-state index < -0.39 is 0 Å². The molecule has 0 saturated carbocycles. The first-order valence-corrected chi connectivity index (χ1v) is 9.21. The highest BCUT2D eigenvalue weighted by Crippen LogP contribution is 2.31. The first kappa shape index (κ1) is 18.4. The molecule has 1 N–H and O–H groups in total. The van der Waals surface area contributed by atoms with Crippen LogP contribution in [0, 0.1) is 0 Å². The molecule has 0 saturated heterocycles. The molecule has 0 aliphatic carbocycles. The highest BCUT2D eigenvalue weighted by atomic mass is 35.5. The second-order valence-electron chi connectivity index (χ2n) is 5.83. The van der Waals surface area contributed by atoms with Crippen molar-refractivity contribution in [1.29, 1.82) is 0 Å². The van der Waals surface area contributed by atoms with Crippen molar-refractivity contribution < 1.29 is 4.42 Å². The van der Waals surface area contributed by atoms with Crippen molar-refractivity contribution in [2.45, 2.75) is 52.0 Å². The predicted octanol–water partition coefficient (Wildman–Crippen LogP) is 6.70. The highest BCUT2D eigenvalue weighted by molar-refractivity contribution is 6.35. The molecule has 2 rings (SSSR count). The molecule has 0 bridgehead atoms. The van der Waals surface area contributed by atoms with Gasteiger partial charge in [-0.3, -0.25) is 0 Å². The number of halogens is 2. The summed E-state index contributed by atoms with van der Waals surface area (Å²) < 4.78 is 5.86. The summed E-state index contributed by atoms with van der Waals surface area (Å²) in [4.78, 5) is 0. The minimum Gasteiger partial charge on any atom is -0.460 e. The summed E-state index contributed by atoms with van der Waals surface area (Å²) in [5.41, 5.74) is 0.835. The number of unbranched alkanes of at least 4 members (excludes halogenated alkanes) is 5. The third kappa shape index (κ3) is 6.21. The average molecular weight is 354 g/mol. The Hall–Kier alpha value is -0.960. The number of rotatable bonds is 10. The molecule has 1 aromatic heterocycles. The Morgan fingerprint density at radius 3 is 2.57 bits per heavy atom. The Morgan fingerprint density at radius 1 is 0.957 bits per heavy atom. The summed E-state index contributed by atoms with van der Waals surface area (Å²) in [6.07, 6.45) is 7.88. The second kappa shape index (κ2) is 10.0. The molecule has 2 nitrogen and oxygen atoms in total. The molecule has 0 atom stereocenters. The molecule has 0 spiro atoms. The van der Waals surface area contributed by atoms with Crippen LogP contribution in [0.25, 0.3) is 11.3 Å². The number of benzene rings is 1. The normalized spacial score (nSPS) is 11.1. The van der Waals surface area contributed by atoms with Crippen molar-refractivity contribution in [3.8, 4) is 11.3 Å². The van der Waals surface area contributed by atoms with E-state index >= 15 is 0 Å². The van der Waals surface area contributed by atoms with Gasteiger partial charge in [-0.25, -0.2) is 0 Å². The van der Waals surface area contributed by atoms with Crippen molar-refractivity contribution in [3.05, 3.63) is 46.1 Å². The maximum Gasteiger partial charge on any atom is 0.135 e. The Bertz CT molecular complexity index is 595. The molecule has 0 unspecified atom stereocenters. The summed E-state index contributed by atoms with van der Waals surface area (Å²) >= 11 is 12.2. The molecular weight excluding hydrogens is 329 g/mol. The molecule has 4 heteroatoms. The lowest BCUT2D eigenvalue weighted by molar-refractivity contribution is 0.485. The molecular formula is C19H25Cl2NO. The van der Waals surface area contributed by atoms with E-state index in [4.69, 9.17) is 27.6 Å². The summed E-state index contributed by atoms with van der Waals surface area (Å²) in [5, 5.41) is 4.74. The SMILES string of the molecule is CCCCCCCCNCc1ccc(-c2cc(Cl)ccc2Cl)o1. The fourth-order valence-corrected chi connectivity index (χ4v) is 2.93. The van der Waals surface area contributed by atoms with Crippen LogP contribution in [-0.4, -0.2) is 6.54 Å². The number of furan rings is 1. The molecule has 2 aromatic rings. The highest BCUT2D eigenvalue weighted by Gasteiger charge is 2.09. The predicted molar refractivity (Wildman–Crippen MR) is 99.2 cm³/mol. The van der Waals surface area contributed by atoms with E-state index in [2.05, 4.69) is 12.2 Å². The molecule has 0 radical (unpaired) electrons. The van der Waals surface area contributed by atoms with Gasteiger partial charge in [0.25, 0.3) is 0 Å². The van der Waals surface area contributed by atoms with E-state index in [9.17, 15) is 0 Å². The van der Waals surface area contributed by atoms with Crippen LogP contribution in [0.15, 0.2) is 34.7 Å². The Balaban J connectivity index is 1.74. The average Bonchev–Trinajstić information content (AvgIpc) is 3.01. The molecule has 0 fully saturated rings. The van der Waals surface area contributed by atoms with E-state index in [1.54, 1.807) is 12.1 Å². The van der Waals surface area contributed by atoms with E-state index in [1.807, 2.05) is 18.2 Å². The smallest absolute Gasteiger partial charge is 0.135 e. The lowest BCUT2D eigenvalue weighted by atomic mass is 10.1. The zero-order valence-electron chi connectivity index (χ0n) is 13.7. The van der Waals surface area contributed by atoms with Crippen LogP contribution in [0.4, 0.5) is 0 Å². The van der Waals surface area contributed by atoms with Crippen LogP contribution in [0.3, 0.4) is 0 Å². The minimum atomic E-state index is 0.648. The maximum absolute atomic E-state index is 6.20. The van der Waals surface area contributed by atoms with Gasteiger partial charge in [-0.15, -0.1) is 0 Å². The number of hydrogen-bond acceptors (Lipinski definition) is 2. The van der Waals surface area contributed by atoms with Crippen LogP contribution in [0.2, 0.25) is 10.0 Å². The lowest BCUT2D eigenvalue weighted by Crippen LogP contribution is -2.14. The molecule has 0 amide bonds. The zero-order chi connectivity index (χ0) is 16.5. The van der Waals surface area contributed by atoms with Crippen LogP contribution >= 0.6 is 23.2 Å². The van der Waals surface area contributed by atoms with Gasteiger partial charge in [0.05, 0.1) is 11.6 Å². The quantitative estimate of drug-likeness (QED) is 0.480. The van der Waals surface area contributed by atoms with Crippen molar-refractivity contribution in [2.24, 2.45) is 0 Å². The van der Waals surface area contributed by atoms with E-state index in [1.165, 1.54) is 38.5 Å². The van der Waals surface area contributed by atoms with Crippen molar-refractivity contribution in [2.75, 3.05) is 6.54 Å². The van der Waals surface area contributed by atoms with Crippen molar-refractivity contribution >= 4 is 23.2 Å². The molecule has 0 aliphatic heterocycles. The fraction of sp³-hybridized carbons (Fsp3) is 0.474. The van der Waals surface area contributed by atoms with Crippen LogP contribution in [0.5, 0.6) is 0 Å². The minimum absolute atomic E-state index is 0.648. The molecule has 23 heavy (non-hydrogen) atoms. The summed E-state index contributed by atoms with van der Waals surface area (Å²) in [5.74, 6) is 1.68. The Kier molecular flexibility index (Phi) is 8.01. The van der Waals surface area contributed by atoms with Gasteiger partial charge in [0.15, 0.2) is 0 Å². The van der Waals surface area contributed by atoms with Crippen molar-refractivity contribution in [3.63, 3.8) is 0 Å². The second-order valence-corrected chi connectivity index (χ2v) is 6.68. The van der Waals surface area contributed by atoms with Crippen LogP contribution in [-0.2, 0) is 6.54 Å². The zero-order valence-corrected chi connectivity index (χ0v) is 15.2. The maximum atomic E-state index is 6.20. The van der Waals surface area contributed by atoms with Gasteiger partial charge >= 0.3 is 0 Å². The molecule has 1 heterocycles. The van der Waals surface area contributed by atoms with Crippen molar-refractivity contribution in [1.82, 2.24) is 5.32 Å². The molecule has 0 aliphatic rings. The van der Waals surface area contributed by atoms with Gasteiger partial charge in [-0.05, 0) is 43.3 Å². The monoisotopic (exact) mass is 353 g/mol. The largest absolute Gasteiger partial charge is 0.460 e. The standard InChI is InChI=1S/C19H25Cl2NO/c1-2-3-4-5-6-7-12-22-14-16-9-11-19(23-16)17-13-15(20)8-10-18(17)21/h8-11,13,22H,2-7,12,14H2,1H3. The molecule has 1 aromatic carbocycles. The van der Waals surface area contributed by atoms with E-state index in [0.717, 1.165) is 30.2 Å². The first-order chi connectivity index (χ1) is 11.2. The number of nitrogens with one attached hydrogen (secondary N) is 1. The van der Waals surface area contributed by atoms with Gasteiger partial charge in [0, 0.05) is 10.6 Å². The van der Waals surface area contributed by atoms with Gasteiger partial charge in [-0.1, -0.05) is 62.2 Å². The summed E-state index contributed by atoms with van der Waals surface area (Å²) in [6, 6.07) is 9.33. The molecule has 126 valence electrons. The summed E-state index contributed by atoms with van der Waals surface area (Å²) in [6.45, 7) is 4.02. The van der Waals surface area contributed by atoms with Gasteiger partial charge in [0.2, 0.25) is 0 Å².